The summed E-state index contributed by atoms with van der Waals surface area (Å²) < 4.78 is 0. The van der Waals surface area contributed by atoms with Gasteiger partial charge in [0.15, 0.2) is 5.69 Å². The topological polar surface area (TPSA) is 66.9 Å². The van der Waals surface area contributed by atoms with Gasteiger partial charge in [0.25, 0.3) is 5.91 Å². The second kappa shape index (κ2) is 6.22. The van der Waals surface area contributed by atoms with Crippen molar-refractivity contribution in [2.75, 3.05) is 11.9 Å². The highest BCUT2D eigenvalue weighted by molar-refractivity contribution is 7.10. The Bertz CT molecular complexity index is 623. The molecule has 1 aliphatic carbocycles. The molecule has 1 unspecified atom stereocenters. The highest BCUT2D eigenvalue weighted by atomic mass is 32.1. The predicted molar refractivity (Wildman–Crippen MR) is 83.7 cm³/mol. The molecule has 1 amide bonds. The monoisotopic (exact) mass is 302 g/mol. The van der Waals surface area contributed by atoms with Crippen molar-refractivity contribution in [1.29, 1.82) is 0 Å². The first kappa shape index (κ1) is 14.0. The van der Waals surface area contributed by atoms with Crippen LogP contribution in [0.4, 0.5) is 5.82 Å². The fraction of sp³-hybridized carbons (Fsp3) is 0.400. The zero-order chi connectivity index (χ0) is 14.7. The van der Waals surface area contributed by atoms with Crippen molar-refractivity contribution in [3.05, 3.63) is 39.7 Å². The van der Waals surface area contributed by atoms with Crippen molar-refractivity contribution in [2.24, 2.45) is 0 Å². The van der Waals surface area contributed by atoms with Gasteiger partial charge in [-0.2, -0.15) is 0 Å². The summed E-state index contributed by atoms with van der Waals surface area (Å²) in [6.45, 7) is 2.46. The van der Waals surface area contributed by atoms with E-state index in [4.69, 9.17) is 0 Å². The molecule has 0 saturated carbocycles. The van der Waals surface area contributed by atoms with E-state index in [1.54, 1.807) is 6.07 Å². The standard InChI is InChI=1S/C15H18N4OS/c1-2-16-15(20)12-6-7-14(19-18-12)17-11-4-3-5-13-10(11)8-9-21-13/h6-9,11H,2-5H2,1H3,(H,16,20)(H,17,19). The summed E-state index contributed by atoms with van der Waals surface area (Å²) in [5, 5.41) is 16.4. The molecule has 0 spiro atoms. The second-order valence-corrected chi connectivity index (χ2v) is 6.05. The Labute approximate surface area is 127 Å². The lowest BCUT2D eigenvalue weighted by Gasteiger charge is -2.23. The van der Waals surface area contributed by atoms with E-state index in [0.717, 1.165) is 6.42 Å². The predicted octanol–water partition coefficient (Wildman–Crippen LogP) is 2.78. The van der Waals surface area contributed by atoms with Gasteiger partial charge in [0.05, 0.1) is 6.04 Å². The molecule has 2 aromatic heterocycles. The number of aromatic nitrogens is 2. The second-order valence-electron chi connectivity index (χ2n) is 5.05. The van der Waals surface area contributed by atoms with Crippen LogP contribution in [-0.4, -0.2) is 22.6 Å². The Morgan fingerprint density at radius 1 is 1.38 bits per heavy atom. The van der Waals surface area contributed by atoms with Gasteiger partial charge in [0, 0.05) is 11.4 Å². The van der Waals surface area contributed by atoms with Gasteiger partial charge in [-0.05, 0) is 55.3 Å². The van der Waals surface area contributed by atoms with E-state index < -0.39 is 0 Å². The SMILES string of the molecule is CCNC(=O)c1ccc(NC2CCCc3sccc32)nn1. The van der Waals surface area contributed by atoms with Gasteiger partial charge in [-0.25, -0.2) is 0 Å². The van der Waals surface area contributed by atoms with Gasteiger partial charge in [0.2, 0.25) is 0 Å². The van der Waals surface area contributed by atoms with Crippen LogP contribution in [0.25, 0.3) is 0 Å². The molecule has 5 nitrogen and oxygen atoms in total. The van der Waals surface area contributed by atoms with E-state index >= 15 is 0 Å². The normalized spacial score (nSPS) is 17.1. The number of nitrogens with one attached hydrogen (secondary N) is 2. The van der Waals surface area contributed by atoms with Crippen LogP contribution in [0.15, 0.2) is 23.6 Å². The molecule has 2 heterocycles. The van der Waals surface area contributed by atoms with Crippen LogP contribution < -0.4 is 10.6 Å². The minimum atomic E-state index is -0.186. The number of rotatable bonds is 4. The van der Waals surface area contributed by atoms with Crippen molar-refractivity contribution >= 4 is 23.1 Å². The zero-order valence-corrected chi connectivity index (χ0v) is 12.7. The number of hydrogen-bond donors (Lipinski definition) is 2. The number of fused-ring (bicyclic) bond motifs is 1. The van der Waals surface area contributed by atoms with Crippen LogP contribution in [0.5, 0.6) is 0 Å². The van der Waals surface area contributed by atoms with E-state index in [9.17, 15) is 4.79 Å². The lowest BCUT2D eigenvalue weighted by atomic mass is 9.94. The zero-order valence-electron chi connectivity index (χ0n) is 11.9. The molecule has 0 bridgehead atoms. The number of anilines is 1. The Morgan fingerprint density at radius 2 is 2.29 bits per heavy atom. The first-order valence-electron chi connectivity index (χ1n) is 7.22. The van der Waals surface area contributed by atoms with Gasteiger partial charge in [-0.15, -0.1) is 21.5 Å². The quantitative estimate of drug-likeness (QED) is 0.911. The molecule has 6 heteroatoms. The summed E-state index contributed by atoms with van der Waals surface area (Å²) in [7, 11) is 0. The number of carbonyl (C=O) groups excluding carboxylic acids is 1. The molecular weight excluding hydrogens is 284 g/mol. The lowest BCUT2D eigenvalue weighted by molar-refractivity contribution is 0.0950. The number of aryl methyl sites for hydroxylation is 1. The molecule has 3 rings (SSSR count). The molecule has 0 radical (unpaired) electrons. The molecule has 0 saturated heterocycles. The van der Waals surface area contributed by atoms with Crippen LogP contribution in [0.1, 0.15) is 46.7 Å². The van der Waals surface area contributed by atoms with Gasteiger partial charge in [-0.1, -0.05) is 0 Å². The molecule has 2 aromatic rings. The number of amides is 1. The van der Waals surface area contributed by atoms with Crippen LogP contribution in [-0.2, 0) is 6.42 Å². The maximum atomic E-state index is 11.6. The van der Waals surface area contributed by atoms with Crippen LogP contribution in [0.2, 0.25) is 0 Å². The van der Waals surface area contributed by atoms with Gasteiger partial charge < -0.3 is 10.6 Å². The maximum Gasteiger partial charge on any atom is 0.271 e. The Balaban J connectivity index is 1.71. The number of carbonyl (C=O) groups is 1. The summed E-state index contributed by atoms with van der Waals surface area (Å²) >= 11 is 1.82. The fourth-order valence-electron chi connectivity index (χ4n) is 2.60. The molecule has 0 fully saturated rings. The van der Waals surface area contributed by atoms with E-state index in [1.807, 2.05) is 24.3 Å². The van der Waals surface area contributed by atoms with Gasteiger partial charge in [0.1, 0.15) is 5.82 Å². The maximum absolute atomic E-state index is 11.6. The Morgan fingerprint density at radius 3 is 3.05 bits per heavy atom. The van der Waals surface area contributed by atoms with Crippen molar-refractivity contribution < 1.29 is 4.79 Å². The van der Waals surface area contributed by atoms with Gasteiger partial charge in [-0.3, -0.25) is 4.79 Å². The number of nitrogens with zero attached hydrogens (tertiary/aromatic N) is 2. The lowest BCUT2D eigenvalue weighted by Crippen LogP contribution is -2.24. The van der Waals surface area contributed by atoms with Crippen molar-refractivity contribution in [3.63, 3.8) is 0 Å². The van der Waals surface area contributed by atoms with Gasteiger partial charge >= 0.3 is 0 Å². The minimum Gasteiger partial charge on any atom is -0.362 e. The summed E-state index contributed by atoms with van der Waals surface area (Å²) in [5.74, 6) is 0.529. The third-order valence-electron chi connectivity index (χ3n) is 3.61. The third kappa shape index (κ3) is 3.05. The summed E-state index contributed by atoms with van der Waals surface area (Å²) in [6, 6.07) is 6.01. The Hall–Kier alpha value is -1.95. The van der Waals surface area contributed by atoms with E-state index in [1.165, 1.54) is 23.3 Å². The average Bonchev–Trinajstić information content (AvgIpc) is 2.98. The third-order valence-corrected chi connectivity index (χ3v) is 4.61. The van der Waals surface area contributed by atoms with Crippen LogP contribution in [0, 0.1) is 0 Å². The molecule has 1 atom stereocenters. The summed E-state index contributed by atoms with van der Waals surface area (Å²) in [6.07, 6.45) is 3.46. The molecule has 2 N–H and O–H groups in total. The highest BCUT2D eigenvalue weighted by Crippen LogP contribution is 2.35. The molecule has 0 aliphatic heterocycles. The first-order chi connectivity index (χ1) is 10.3. The Kier molecular flexibility index (Phi) is 4.15. The minimum absolute atomic E-state index is 0.186. The average molecular weight is 302 g/mol. The molecule has 0 aromatic carbocycles. The number of hydrogen-bond acceptors (Lipinski definition) is 5. The van der Waals surface area contributed by atoms with E-state index in [2.05, 4.69) is 32.3 Å². The number of thiophene rings is 1. The highest BCUT2D eigenvalue weighted by Gasteiger charge is 2.21. The van der Waals surface area contributed by atoms with Crippen molar-refractivity contribution in [1.82, 2.24) is 15.5 Å². The van der Waals surface area contributed by atoms with Crippen LogP contribution >= 0.6 is 11.3 Å². The van der Waals surface area contributed by atoms with Crippen molar-refractivity contribution in [2.45, 2.75) is 32.2 Å². The smallest absolute Gasteiger partial charge is 0.271 e. The molecular formula is C15H18N4OS. The summed E-state index contributed by atoms with van der Waals surface area (Å²) in [4.78, 5) is 13.1. The van der Waals surface area contributed by atoms with E-state index in [0.29, 0.717) is 24.1 Å². The summed E-state index contributed by atoms with van der Waals surface area (Å²) in [5.41, 5.74) is 1.73. The van der Waals surface area contributed by atoms with Crippen LogP contribution in [0.3, 0.4) is 0 Å². The first-order valence-corrected chi connectivity index (χ1v) is 8.10. The fourth-order valence-corrected chi connectivity index (χ4v) is 3.58. The molecule has 110 valence electrons. The molecule has 21 heavy (non-hydrogen) atoms. The largest absolute Gasteiger partial charge is 0.362 e. The van der Waals surface area contributed by atoms with E-state index in [-0.39, 0.29) is 5.91 Å². The molecule has 1 aliphatic rings. The van der Waals surface area contributed by atoms with Crippen molar-refractivity contribution in [3.8, 4) is 0 Å².